The molecule has 2 aliphatic rings. The number of anilines is 1. The summed E-state index contributed by atoms with van der Waals surface area (Å²) >= 11 is 1.32. The lowest BCUT2D eigenvalue weighted by Crippen LogP contribution is -2.57. The molecule has 374 valence electrons. The van der Waals surface area contributed by atoms with Crippen LogP contribution >= 0.6 is 11.3 Å². The molecule has 4 heterocycles. The molecule has 13 atom stereocenters. The zero-order valence-electron chi connectivity index (χ0n) is 41.0. The van der Waals surface area contributed by atoms with Crippen molar-refractivity contribution in [3.8, 4) is 10.6 Å². The zero-order chi connectivity index (χ0) is 50.0. The van der Waals surface area contributed by atoms with Crippen LogP contribution in [-0.4, -0.2) is 135 Å². The zero-order valence-corrected chi connectivity index (χ0v) is 41.8. The second kappa shape index (κ2) is 24.4. The van der Waals surface area contributed by atoms with Crippen LogP contribution in [0.15, 0.2) is 33.9 Å². The fourth-order valence-electron chi connectivity index (χ4n) is 8.36. The lowest BCUT2D eigenvalue weighted by atomic mass is 9.70. The van der Waals surface area contributed by atoms with Gasteiger partial charge in [-0.1, -0.05) is 46.7 Å². The minimum absolute atomic E-state index is 0.0478. The molecule has 2 aliphatic heterocycles. The maximum absolute atomic E-state index is 16.8. The maximum atomic E-state index is 16.8. The number of ketones is 1. The number of aliphatic hydroxyl groups excluding tert-OH is 1. The number of aliphatic imine (C=N–C) groups is 1. The Hall–Kier alpha value is -4.15. The van der Waals surface area contributed by atoms with Gasteiger partial charge in [-0.2, -0.15) is 0 Å². The molecule has 0 spiro atoms. The Balaban J connectivity index is 1.76. The fraction of sp³-hybridized carbons (Fsp3) is 0.702. The molecule has 0 saturated carbocycles. The highest BCUT2D eigenvalue weighted by molar-refractivity contribution is 7.13. The van der Waals surface area contributed by atoms with Crippen molar-refractivity contribution in [3.05, 3.63) is 29.4 Å². The SMILES string of the molecule is CCC(=O)N=C([C@H](C)CC)[C@H](C)[C@H]1CC/C(=N\OCc2ccc(-c3nc(NC(=O)[C@H](C)N)cs3)cn2)CO[C@H](O[C@@H]2O[C@H](C)C[C@H](N(C)C)[C@H]2O)[C@@H](C)C(=O)[C@](C)(F)C(=O)O[C@H](CC)[C@@]1(C)O. The summed E-state index contributed by atoms with van der Waals surface area (Å²) in [5, 5.41) is 33.4. The van der Waals surface area contributed by atoms with Crippen molar-refractivity contribution in [1.29, 1.82) is 0 Å². The van der Waals surface area contributed by atoms with Crippen LogP contribution in [0.1, 0.15) is 113 Å². The van der Waals surface area contributed by atoms with Gasteiger partial charge in [0.15, 0.2) is 25.0 Å². The molecule has 2 saturated heterocycles. The van der Waals surface area contributed by atoms with Crippen LogP contribution in [0.2, 0.25) is 0 Å². The van der Waals surface area contributed by atoms with Crippen LogP contribution < -0.4 is 11.1 Å². The number of aliphatic hydroxyl groups is 2. The Kier molecular flexibility index (Phi) is 20.2. The van der Waals surface area contributed by atoms with Gasteiger partial charge in [0.1, 0.15) is 28.6 Å². The minimum Gasteiger partial charge on any atom is -0.457 e. The van der Waals surface area contributed by atoms with Crippen LogP contribution in [0, 0.1) is 23.7 Å². The number of nitrogens with zero attached hydrogens (tertiary/aromatic N) is 5. The van der Waals surface area contributed by atoms with Crippen LogP contribution in [0.25, 0.3) is 10.6 Å². The number of carbonyl (C=O) groups is 4. The van der Waals surface area contributed by atoms with E-state index >= 15 is 4.39 Å². The van der Waals surface area contributed by atoms with E-state index in [0.29, 0.717) is 46.3 Å². The van der Waals surface area contributed by atoms with E-state index in [1.54, 1.807) is 58.6 Å². The second-order valence-electron chi connectivity index (χ2n) is 18.4. The first-order valence-corrected chi connectivity index (χ1v) is 24.0. The average molecular weight is 962 g/mol. The highest BCUT2D eigenvalue weighted by Gasteiger charge is 2.52. The minimum atomic E-state index is -3.23. The summed E-state index contributed by atoms with van der Waals surface area (Å²) in [6, 6.07) is 2.44. The molecular weight excluding hydrogens is 890 g/mol. The number of nitrogens with one attached hydrogen (secondary N) is 1. The smallest absolute Gasteiger partial charge is 0.351 e. The van der Waals surface area contributed by atoms with Gasteiger partial charge in [-0.3, -0.25) is 19.4 Å². The van der Waals surface area contributed by atoms with Crippen molar-refractivity contribution in [3.63, 3.8) is 0 Å². The number of nitrogens with two attached hydrogens (primary N) is 1. The monoisotopic (exact) mass is 961 g/mol. The first kappa shape index (κ1) is 55.4. The first-order valence-electron chi connectivity index (χ1n) is 23.2. The van der Waals surface area contributed by atoms with E-state index in [4.69, 9.17) is 29.5 Å². The predicted molar refractivity (Wildman–Crippen MR) is 252 cm³/mol. The van der Waals surface area contributed by atoms with Gasteiger partial charge in [0.2, 0.25) is 11.8 Å². The number of oxime groups is 1. The summed E-state index contributed by atoms with van der Waals surface area (Å²) < 4.78 is 41.1. The van der Waals surface area contributed by atoms with Gasteiger partial charge in [-0.05, 0) is 97.9 Å². The summed E-state index contributed by atoms with van der Waals surface area (Å²) in [4.78, 5) is 74.0. The van der Waals surface area contributed by atoms with Gasteiger partial charge >= 0.3 is 5.97 Å². The Morgan fingerprint density at radius 1 is 1.13 bits per heavy atom. The molecule has 18 nitrogen and oxygen atoms in total. The number of Topliss-reactive ketones (excluding diaryl/α,β-unsaturated/α-hetero) is 1. The number of amides is 2. The van der Waals surface area contributed by atoms with E-state index in [1.165, 1.54) is 25.2 Å². The van der Waals surface area contributed by atoms with E-state index in [1.807, 2.05) is 32.6 Å². The van der Waals surface area contributed by atoms with Crippen molar-refractivity contribution in [1.82, 2.24) is 14.9 Å². The molecule has 2 amide bonds. The Morgan fingerprint density at radius 3 is 2.43 bits per heavy atom. The van der Waals surface area contributed by atoms with Crippen molar-refractivity contribution in [2.45, 2.75) is 169 Å². The second-order valence-corrected chi connectivity index (χ2v) is 19.2. The van der Waals surface area contributed by atoms with Crippen molar-refractivity contribution < 1.29 is 57.6 Å². The third-order valence-electron chi connectivity index (χ3n) is 12.8. The van der Waals surface area contributed by atoms with Crippen LogP contribution in [0.3, 0.4) is 0 Å². The Bertz CT molecular complexity index is 2050. The molecule has 0 unspecified atom stereocenters. The summed E-state index contributed by atoms with van der Waals surface area (Å²) in [5.74, 6) is -6.04. The molecule has 0 aromatic carbocycles. The van der Waals surface area contributed by atoms with Crippen molar-refractivity contribution in [2.24, 2.45) is 39.6 Å². The molecule has 5 N–H and O–H groups in total. The van der Waals surface area contributed by atoms with Gasteiger partial charge in [0.05, 0.1) is 36.1 Å². The van der Waals surface area contributed by atoms with Crippen LogP contribution in [0.5, 0.6) is 0 Å². The third-order valence-corrected chi connectivity index (χ3v) is 13.7. The number of likely N-dealkylation sites (N-methyl/N-ethyl adjacent to an activating group) is 1. The lowest BCUT2D eigenvalue weighted by molar-refractivity contribution is -0.311. The highest BCUT2D eigenvalue weighted by atomic mass is 32.1. The number of thiazole rings is 1. The quantitative estimate of drug-likeness (QED) is 0.0732. The van der Waals surface area contributed by atoms with Crippen molar-refractivity contribution >= 4 is 52.1 Å². The van der Waals surface area contributed by atoms with E-state index < -0.39 is 77.6 Å². The van der Waals surface area contributed by atoms with E-state index in [-0.39, 0.29) is 62.7 Å². The average Bonchev–Trinajstić information content (AvgIpc) is 3.76. The van der Waals surface area contributed by atoms with Gasteiger partial charge in [-0.15, -0.1) is 11.3 Å². The number of pyridine rings is 1. The van der Waals surface area contributed by atoms with Crippen LogP contribution in [0.4, 0.5) is 10.2 Å². The normalized spacial score (nSPS) is 31.4. The first-order chi connectivity index (χ1) is 31.5. The van der Waals surface area contributed by atoms with E-state index in [2.05, 4.69) is 25.4 Å². The largest absolute Gasteiger partial charge is 0.457 e. The summed E-state index contributed by atoms with van der Waals surface area (Å²) in [6.07, 6.45) is -2.55. The molecule has 4 rings (SSSR count). The molecule has 2 fully saturated rings. The molecular formula is C47H72FN7O11S. The fourth-order valence-corrected chi connectivity index (χ4v) is 9.10. The number of cyclic esters (lactones) is 1. The number of aromatic nitrogens is 2. The predicted octanol–water partition coefficient (Wildman–Crippen LogP) is 5.62. The standard InChI is InChI=1S/C47H72FN7O11S/c1-13-25(4)38(53-37(56)15-3)27(6)33-19-18-32(54-63-23-31-17-16-30(21-50-31)42-52-36(24-67-42)51-41(59)29(8)49)22-62-43(66-44-39(57)34(55(11)12)20-26(5)64-44)28(7)40(58)46(9,48)45(60)65-35(14-2)47(33,10)61/h16-17,21,24-29,33-35,39,43-44,57,61H,13-15,18-20,22-23,49H2,1-12H3,(H,51,59)/b53-38?,54-32+/t25-,26-,27-,28+,29+,33-,34+,35-,39-,43-,44+,46+,47+/m1/s1. The number of hydrogen-bond acceptors (Lipinski definition) is 17. The lowest BCUT2D eigenvalue weighted by Gasteiger charge is -2.43. The molecule has 0 aliphatic carbocycles. The number of hydrogen-bond donors (Lipinski definition) is 4. The molecule has 2 aromatic heterocycles. The highest BCUT2D eigenvalue weighted by Crippen LogP contribution is 2.39. The molecule has 0 bridgehead atoms. The number of rotatable bonds is 15. The topological polar surface area (TPSA) is 247 Å². The third kappa shape index (κ3) is 14.2. The van der Waals surface area contributed by atoms with E-state index in [9.17, 15) is 29.4 Å². The summed E-state index contributed by atoms with van der Waals surface area (Å²) in [6.45, 7) is 15.7. The molecule has 20 heteroatoms. The van der Waals surface area contributed by atoms with Gasteiger partial charge < -0.3 is 49.9 Å². The molecule has 2 aromatic rings. The Morgan fingerprint density at radius 2 is 1.84 bits per heavy atom. The van der Waals surface area contributed by atoms with Crippen LogP contribution in [-0.2, 0) is 49.6 Å². The van der Waals surface area contributed by atoms with Gasteiger partial charge in [0.25, 0.3) is 5.67 Å². The number of esters is 1. The Labute approximate surface area is 397 Å². The van der Waals surface area contributed by atoms with Crippen molar-refractivity contribution in [2.75, 3.05) is 26.0 Å². The molecule has 0 radical (unpaired) electrons. The number of ether oxygens (including phenoxy) is 4. The van der Waals surface area contributed by atoms with E-state index in [0.717, 1.165) is 6.92 Å². The van der Waals surface area contributed by atoms with Gasteiger partial charge in [0, 0.05) is 41.2 Å². The number of halogens is 1. The number of alkyl halides is 1. The summed E-state index contributed by atoms with van der Waals surface area (Å²) in [5.41, 5.74) is 2.63. The number of carbonyl (C=O) groups excluding carboxylic acids is 4. The summed E-state index contributed by atoms with van der Waals surface area (Å²) in [7, 11) is 3.61. The maximum Gasteiger partial charge on any atom is 0.351 e. The van der Waals surface area contributed by atoms with Gasteiger partial charge in [-0.25, -0.2) is 19.2 Å². The molecule has 67 heavy (non-hydrogen) atoms.